The second kappa shape index (κ2) is 7.01. The molecule has 0 aliphatic rings. The van der Waals surface area contributed by atoms with Gasteiger partial charge in [-0.05, 0) is 18.2 Å². The van der Waals surface area contributed by atoms with Crippen molar-refractivity contribution in [2.75, 3.05) is 0 Å². The Morgan fingerprint density at radius 2 is 0.889 bits per heavy atom. The molecule has 0 fully saturated rings. The van der Waals surface area contributed by atoms with Gasteiger partial charge in [-0.1, -0.05) is 35.3 Å². The fourth-order valence-electron chi connectivity index (χ4n) is 1.22. The minimum atomic E-state index is -0.0289. The van der Waals surface area contributed by atoms with Gasteiger partial charge in [0.15, 0.2) is 15.3 Å². The summed E-state index contributed by atoms with van der Waals surface area (Å²) in [5.74, 6) is 0. The second-order valence-corrected chi connectivity index (χ2v) is 7.17. The van der Waals surface area contributed by atoms with Crippen LogP contribution < -0.4 is 0 Å². The molecule has 0 heterocycles. The van der Waals surface area contributed by atoms with Crippen molar-refractivity contribution in [1.29, 1.82) is 0 Å². The predicted molar refractivity (Wildman–Crippen MR) is 76.1 cm³/mol. The molecule has 0 bridgehead atoms. The van der Waals surface area contributed by atoms with Gasteiger partial charge in [-0.15, -0.1) is 0 Å². The summed E-state index contributed by atoms with van der Waals surface area (Å²) in [5, 5.41) is -0.0868. The number of hydrogen-bond donors (Lipinski definition) is 0. The minimum absolute atomic E-state index is 0.0289. The average molecular weight is 300 g/mol. The van der Waals surface area contributed by atoms with Crippen molar-refractivity contribution < 1.29 is 14.4 Å². The summed E-state index contributed by atoms with van der Waals surface area (Å²) in [7, 11) is 0. The van der Waals surface area contributed by atoms with Crippen LogP contribution in [0.5, 0.6) is 0 Å². The van der Waals surface area contributed by atoms with Crippen LogP contribution in [0.1, 0.15) is 20.8 Å². The van der Waals surface area contributed by atoms with Crippen LogP contribution in [0.2, 0.25) is 0 Å². The van der Waals surface area contributed by atoms with E-state index in [0.29, 0.717) is 0 Å². The van der Waals surface area contributed by atoms with E-state index in [9.17, 15) is 14.4 Å². The van der Waals surface area contributed by atoms with Gasteiger partial charge in [0.2, 0.25) is 0 Å². The topological polar surface area (TPSA) is 51.2 Å². The maximum Gasteiger partial charge on any atom is 0.190 e. The summed E-state index contributed by atoms with van der Waals surface area (Å²) in [6.07, 6.45) is 0. The maximum atomic E-state index is 11.1. The summed E-state index contributed by atoms with van der Waals surface area (Å²) >= 11 is 3.28. The molecule has 1 rings (SSSR count). The van der Waals surface area contributed by atoms with Crippen LogP contribution in [0, 0.1) is 0 Å². The molecule has 0 aliphatic heterocycles. The van der Waals surface area contributed by atoms with Crippen molar-refractivity contribution in [3.05, 3.63) is 18.2 Å². The largest absolute Gasteiger partial charge is 0.287 e. The molecule has 0 amide bonds. The molecule has 3 nitrogen and oxygen atoms in total. The first-order chi connectivity index (χ1) is 8.36. The van der Waals surface area contributed by atoms with Gasteiger partial charge in [0, 0.05) is 35.5 Å². The van der Waals surface area contributed by atoms with E-state index in [-0.39, 0.29) is 15.3 Å². The number of carbonyl (C=O) groups is 3. The standard InChI is InChI=1S/C12H12O3S3/c1-7(13)16-10-4-11(17-8(2)14)6-12(5-10)18-9(3)15/h4-6H,1-3H3. The average Bonchev–Trinajstić information content (AvgIpc) is 2.12. The van der Waals surface area contributed by atoms with Crippen molar-refractivity contribution in [2.45, 2.75) is 35.5 Å². The predicted octanol–water partition coefficient (Wildman–Crippen LogP) is 3.60. The molecule has 96 valence electrons. The molecule has 0 aromatic heterocycles. The molecule has 0 aliphatic carbocycles. The second-order valence-electron chi connectivity index (χ2n) is 3.42. The number of rotatable bonds is 3. The maximum absolute atomic E-state index is 11.1. The van der Waals surface area contributed by atoms with Gasteiger partial charge in [-0.2, -0.15) is 0 Å². The van der Waals surface area contributed by atoms with Crippen LogP contribution >= 0.6 is 35.3 Å². The molecule has 0 N–H and O–H groups in total. The van der Waals surface area contributed by atoms with Crippen LogP contribution in [0.3, 0.4) is 0 Å². The van der Waals surface area contributed by atoms with E-state index in [1.54, 1.807) is 18.2 Å². The van der Waals surface area contributed by atoms with Crippen LogP contribution in [0.4, 0.5) is 0 Å². The number of benzene rings is 1. The van der Waals surface area contributed by atoms with Gasteiger partial charge in [0.25, 0.3) is 0 Å². The monoisotopic (exact) mass is 300 g/mol. The Bertz CT molecular complexity index is 414. The molecule has 18 heavy (non-hydrogen) atoms. The summed E-state index contributed by atoms with van der Waals surface area (Å²) < 4.78 is 0. The lowest BCUT2D eigenvalue weighted by atomic mass is 10.4. The van der Waals surface area contributed by atoms with Crippen LogP contribution in [-0.2, 0) is 14.4 Å². The van der Waals surface area contributed by atoms with Gasteiger partial charge in [-0.25, -0.2) is 0 Å². The first-order valence-electron chi connectivity index (χ1n) is 5.07. The molecule has 1 aromatic rings. The Kier molecular flexibility index (Phi) is 5.98. The normalized spacial score (nSPS) is 10.2. The molecule has 0 saturated carbocycles. The SMILES string of the molecule is CC(=O)Sc1cc(SC(C)=O)cc(SC(C)=O)c1. The number of carbonyl (C=O) groups excluding carboxylic acids is 3. The Hall–Kier alpha value is -0.720. The highest BCUT2D eigenvalue weighted by Crippen LogP contribution is 2.32. The summed E-state index contributed by atoms with van der Waals surface area (Å²) in [6, 6.07) is 5.34. The smallest absolute Gasteiger partial charge is 0.190 e. The van der Waals surface area contributed by atoms with Crippen LogP contribution in [0.15, 0.2) is 32.9 Å². The van der Waals surface area contributed by atoms with E-state index in [4.69, 9.17) is 0 Å². The highest BCUT2D eigenvalue weighted by molar-refractivity contribution is 8.15. The lowest BCUT2D eigenvalue weighted by Crippen LogP contribution is -1.88. The van der Waals surface area contributed by atoms with Gasteiger partial charge < -0.3 is 0 Å². The molecule has 0 unspecified atom stereocenters. The molecule has 1 aromatic carbocycles. The summed E-state index contributed by atoms with van der Waals surface area (Å²) in [6.45, 7) is 4.44. The zero-order valence-corrected chi connectivity index (χ0v) is 12.6. The molecule has 0 atom stereocenters. The van der Waals surface area contributed by atoms with Gasteiger partial charge in [0.05, 0.1) is 0 Å². The third-order valence-electron chi connectivity index (χ3n) is 1.64. The lowest BCUT2D eigenvalue weighted by molar-refractivity contribution is -0.109. The quantitative estimate of drug-likeness (QED) is 0.795. The number of hydrogen-bond acceptors (Lipinski definition) is 6. The Morgan fingerprint density at radius 1 is 0.667 bits per heavy atom. The fraction of sp³-hybridized carbons (Fsp3) is 0.250. The Labute approximate surface area is 118 Å². The summed E-state index contributed by atoms with van der Waals surface area (Å²) in [5.41, 5.74) is 0. The van der Waals surface area contributed by atoms with Crippen molar-refractivity contribution in [3.8, 4) is 0 Å². The third-order valence-corrected chi connectivity index (χ3v) is 3.91. The van der Waals surface area contributed by atoms with E-state index < -0.39 is 0 Å². The van der Waals surface area contributed by atoms with Crippen molar-refractivity contribution in [1.82, 2.24) is 0 Å². The zero-order valence-electron chi connectivity index (χ0n) is 10.2. The van der Waals surface area contributed by atoms with Gasteiger partial charge >= 0.3 is 0 Å². The first kappa shape index (κ1) is 15.3. The fourth-order valence-corrected chi connectivity index (χ4v) is 3.56. The summed E-state index contributed by atoms with van der Waals surface area (Å²) in [4.78, 5) is 35.5. The van der Waals surface area contributed by atoms with E-state index in [0.717, 1.165) is 50.0 Å². The minimum Gasteiger partial charge on any atom is -0.287 e. The molecule has 0 saturated heterocycles. The Balaban J connectivity index is 3.06. The number of thioether (sulfide) groups is 3. The van der Waals surface area contributed by atoms with Gasteiger partial charge in [0.1, 0.15) is 0 Å². The van der Waals surface area contributed by atoms with Crippen molar-refractivity contribution in [2.24, 2.45) is 0 Å². The molecular formula is C12H12O3S3. The molecular weight excluding hydrogens is 288 g/mol. The van der Waals surface area contributed by atoms with Crippen molar-refractivity contribution in [3.63, 3.8) is 0 Å². The first-order valence-corrected chi connectivity index (χ1v) is 7.52. The molecule has 6 heteroatoms. The van der Waals surface area contributed by atoms with E-state index in [2.05, 4.69) is 0 Å². The van der Waals surface area contributed by atoms with Crippen molar-refractivity contribution >= 4 is 50.6 Å². The van der Waals surface area contributed by atoms with Gasteiger partial charge in [-0.3, -0.25) is 14.4 Å². The lowest BCUT2D eigenvalue weighted by Gasteiger charge is -2.05. The Morgan fingerprint density at radius 3 is 1.06 bits per heavy atom. The molecule has 0 radical (unpaired) electrons. The van der Waals surface area contributed by atoms with E-state index in [1.165, 1.54) is 20.8 Å². The highest BCUT2D eigenvalue weighted by Gasteiger charge is 2.08. The van der Waals surface area contributed by atoms with Crippen LogP contribution in [0.25, 0.3) is 0 Å². The molecule has 0 spiro atoms. The van der Waals surface area contributed by atoms with E-state index in [1.807, 2.05) is 0 Å². The third kappa shape index (κ3) is 5.75. The van der Waals surface area contributed by atoms with Crippen LogP contribution in [-0.4, -0.2) is 15.3 Å². The van der Waals surface area contributed by atoms with E-state index >= 15 is 0 Å². The highest BCUT2D eigenvalue weighted by atomic mass is 32.2. The zero-order chi connectivity index (χ0) is 13.7.